The second-order valence-electron chi connectivity index (χ2n) is 5.17. The first-order chi connectivity index (χ1) is 9.65. The molecule has 112 valence electrons. The minimum absolute atomic E-state index is 0.472. The van der Waals surface area contributed by atoms with Crippen LogP contribution in [0.25, 0.3) is 0 Å². The highest BCUT2D eigenvalue weighted by molar-refractivity contribution is 5.11. The largest absolute Gasteiger partial charge is 0.383 e. The molecule has 1 rings (SSSR count). The maximum absolute atomic E-state index is 5.14. The Balaban J connectivity index is 2.59. The number of nitrogens with one attached hydrogen (secondary N) is 1. The number of ether oxygens (including phenoxy) is 1. The van der Waals surface area contributed by atoms with E-state index in [0.717, 1.165) is 44.2 Å². The van der Waals surface area contributed by atoms with Crippen molar-refractivity contribution in [3.05, 3.63) is 42.2 Å². The molecule has 4 heteroatoms. The zero-order valence-corrected chi connectivity index (χ0v) is 12.9. The molecule has 0 aliphatic rings. The molecule has 0 amide bonds. The first-order valence-electron chi connectivity index (χ1n) is 7.16. The minimum atomic E-state index is 0.472. The van der Waals surface area contributed by atoms with E-state index in [0.29, 0.717) is 6.04 Å². The van der Waals surface area contributed by atoms with Crippen LogP contribution in [0, 0.1) is 0 Å². The number of methoxy groups -OCH3 is 1. The Hall–Kier alpha value is -1.23. The van der Waals surface area contributed by atoms with Crippen LogP contribution in [0.15, 0.2) is 30.9 Å². The summed E-state index contributed by atoms with van der Waals surface area (Å²) < 4.78 is 5.14. The summed E-state index contributed by atoms with van der Waals surface area (Å²) in [6.07, 6.45) is 1.92. The lowest BCUT2D eigenvalue weighted by atomic mass is 10.2. The van der Waals surface area contributed by atoms with E-state index in [1.807, 2.05) is 6.08 Å². The molecule has 0 saturated heterocycles. The van der Waals surface area contributed by atoms with Crippen LogP contribution in [0.1, 0.15) is 25.2 Å². The lowest BCUT2D eigenvalue weighted by molar-refractivity contribution is 0.150. The molecule has 1 aromatic rings. The van der Waals surface area contributed by atoms with Crippen molar-refractivity contribution in [2.24, 2.45) is 0 Å². The van der Waals surface area contributed by atoms with Crippen LogP contribution in [-0.2, 0) is 17.8 Å². The first-order valence-corrected chi connectivity index (χ1v) is 7.16. The topological polar surface area (TPSA) is 37.4 Å². The van der Waals surface area contributed by atoms with E-state index < -0.39 is 0 Å². The number of hydrogen-bond acceptors (Lipinski definition) is 4. The highest BCUT2D eigenvalue weighted by Gasteiger charge is 2.06. The molecule has 0 aliphatic carbocycles. The zero-order chi connectivity index (χ0) is 14.8. The molecule has 1 heterocycles. The minimum Gasteiger partial charge on any atom is -0.383 e. The fraction of sp³-hybridized carbons (Fsp3) is 0.562. The van der Waals surface area contributed by atoms with Crippen LogP contribution < -0.4 is 5.32 Å². The van der Waals surface area contributed by atoms with Crippen molar-refractivity contribution in [1.29, 1.82) is 0 Å². The summed E-state index contributed by atoms with van der Waals surface area (Å²) in [6, 6.07) is 6.68. The van der Waals surface area contributed by atoms with Crippen LogP contribution in [0.5, 0.6) is 0 Å². The van der Waals surface area contributed by atoms with Gasteiger partial charge in [-0.3, -0.25) is 9.88 Å². The third-order valence-corrected chi connectivity index (χ3v) is 2.94. The molecule has 0 spiro atoms. The maximum atomic E-state index is 5.14. The average Bonchev–Trinajstić information content (AvgIpc) is 2.43. The molecular formula is C16H27N3O. The van der Waals surface area contributed by atoms with Crippen molar-refractivity contribution in [3.63, 3.8) is 0 Å². The molecule has 0 bridgehead atoms. The third-order valence-electron chi connectivity index (χ3n) is 2.94. The summed E-state index contributed by atoms with van der Waals surface area (Å²) in [5.74, 6) is 0. The van der Waals surface area contributed by atoms with Crippen molar-refractivity contribution in [2.75, 3.05) is 26.8 Å². The predicted octanol–water partition coefficient (Wildman–Crippen LogP) is 2.21. The Bertz CT molecular complexity index is 393. The van der Waals surface area contributed by atoms with Gasteiger partial charge in [0.15, 0.2) is 0 Å². The van der Waals surface area contributed by atoms with E-state index >= 15 is 0 Å². The van der Waals surface area contributed by atoms with Gasteiger partial charge in [0, 0.05) is 39.3 Å². The Morgan fingerprint density at radius 3 is 2.80 bits per heavy atom. The standard InChI is InChI=1S/C16H27N3O/c1-5-9-19(10-11-20-4)13-16-8-6-7-15(18-16)12-17-14(2)3/h5-8,14,17H,1,9-13H2,2-4H3. The number of aromatic nitrogens is 1. The Kier molecular flexibility index (Phi) is 8.11. The summed E-state index contributed by atoms with van der Waals surface area (Å²) in [7, 11) is 1.72. The van der Waals surface area contributed by atoms with Crippen molar-refractivity contribution < 1.29 is 4.74 Å². The number of hydrogen-bond donors (Lipinski definition) is 1. The van der Waals surface area contributed by atoms with Crippen molar-refractivity contribution in [3.8, 4) is 0 Å². The summed E-state index contributed by atoms with van der Waals surface area (Å²) in [5.41, 5.74) is 2.17. The van der Waals surface area contributed by atoms with E-state index in [-0.39, 0.29) is 0 Å². The Morgan fingerprint density at radius 2 is 2.15 bits per heavy atom. The summed E-state index contributed by atoms with van der Waals surface area (Å²) in [6.45, 7) is 12.2. The molecule has 0 aliphatic heterocycles. The van der Waals surface area contributed by atoms with Crippen LogP contribution >= 0.6 is 0 Å². The van der Waals surface area contributed by atoms with Crippen molar-refractivity contribution >= 4 is 0 Å². The van der Waals surface area contributed by atoms with Gasteiger partial charge in [-0.25, -0.2) is 0 Å². The maximum Gasteiger partial charge on any atom is 0.0589 e. The van der Waals surface area contributed by atoms with Crippen LogP contribution in [0.2, 0.25) is 0 Å². The third kappa shape index (κ3) is 6.80. The molecule has 4 nitrogen and oxygen atoms in total. The summed E-state index contributed by atoms with van der Waals surface area (Å²) in [4.78, 5) is 6.97. The van der Waals surface area contributed by atoms with Crippen LogP contribution in [0.4, 0.5) is 0 Å². The van der Waals surface area contributed by atoms with Gasteiger partial charge in [0.05, 0.1) is 18.0 Å². The molecule has 0 atom stereocenters. The Labute approximate surface area is 122 Å². The van der Waals surface area contributed by atoms with E-state index in [1.165, 1.54) is 0 Å². The quantitative estimate of drug-likeness (QED) is 0.665. The fourth-order valence-corrected chi connectivity index (χ4v) is 1.89. The normalized spacial score (nSPS) is 11.2. The van der Waals surface area contributed by atoms with E-state index in [2.05, 4.69) is 48.8 Å². The van der Waals surface area contributed by atoms with Gasteiger partial charge in [0.2, 0.25) is 0 Å². The molecule has 20 heavy (non-hydrogen) atoms. The molecule has 0 unspecified atom stereocenters. The van der Waals surface area contributed by atoms with Gasteiger partial charge >= 0.3 is 0 Å². The Morgan fingerprint density at radius 1 is 1.40 bits per heavy atom. The molecule has 1 N–H and O–H groups in total. The van der Waals surface area contributed by atoms with Gasteiger partial charge in [-0.2, -0.15) is 0 Å². The number of nitrogens with zero attached hydrogens (tertiary/aromatic N) is 2. The van der Waals surface area contributed by atoms with Crippen LogP contribution in [-0.4, -0.2) is 42.7 Å². The second-order valence-corrected chi connectivity index (χ2v) is 5.17. The molecule has 0 aromatic carbocycles. The smallest absolute Gasteiger partial charge is 0.0589 e. The van der Waals surface area contributed by atoms with E-state index in [1.54, 1.807) is 7.11 Å². The van der Waals surface area contributed by atoms with Gasteiger partial charge in [-0.1, -0.05) is 26.0 Å². The average molecular weight is 277 g/mol. The first kappa shape index (κ1) is 16.8. The van der Waals surface area contributed by atoms with Crippen LogP contribution in [0.3, 0.4) is 0 Å². The molecular weight excluding hydrogens is 250 g/mol. The van der Waals surface area contributed by atoms with Gasteiger partial charge < -0.3 is 10.1 Å². The van der Waals surface area contributed by atoms with Gasteiger partial charge in [0.1, 0.15) is 0 Å². The van der Waals surface area contributed by atoms with E-state index in [4.69, 9.17) is 9.72 Å². The molecule has 0 saturated carbocycles. The molecule has 0 radical (unpaired) electrons. The second kappa shape index (κ2) is 9.64. The molecule has 0 fully saturated rings. The SMILES string of the molecule is C=CCN(CCOC)Cc1cccc(CNC(C)C)n1. The van der Waals surface area contributed by atoms with Gasteiger partial charge in [-0.15, -0.1) is 6.58 Å². The number of rotatable bonds is 10. The van der Waals surface area contributed by atoms with E-state index in [9.17, 15) is 0 Å². The van der Waals surface area contributed by atoms with Crippen molar-refractivity contribution in [1.82, 2.24) is 15.2 Å². The predicted molar refractivity (Wildman–Crippen MR) is 83.6 cm³/mol. The fourth-order valence-electron chi connectivity index (χ4n) is 1.89. The summed E-state index contributed by atoms with van der Waals surface area (Å²) >= 11 is 0. The number of pyridine rings is 1. The van der Waals surface area contributed by atoms with Gasteiger partial charge in [0.25, 0.3) is 0 Å². The van der Waals surface area contributed by atoms with Gasteiger partial charge in [-0.05, 0) is 12.1 Å². The van der Waals surface area contributed by atoms with Crippen molar-refractivity contribution in [2.45, 2.75) is 33.0 Å². The highest BCUT2D eigenvalue weighted by atomic mass is 16.5. The molecule has 1 aromatic heterocycles. The monoisotopic (exact) mass is 277 g/mol. The zero-order valence-electron chi connectivity index (χ0n) is 12.9. The lowest BCUT2D eigenvalue weighted by Crippen LogP contribution is -2.28. The highest BCUT2D eigenvalue weighted by Crippen LogP contribution is 2.04. The summed E-state index contributed by atoms with van der Waals surface area (Å²) in [5, 5.41) is 3.39. The lowest BCUT2D eigenvalue weighted by Gasteiger charge is -2.20.